The summed E-state index contributed by atoms with van der Waals surface area (Å²) >= 11 is 0. The molecule has 0 aromatic rings. The topological polar surface area (TPSA) is 80.0 Å². The summed E-state index contributed by atoms with van der Waals surface area (Å²) in [6.07, 6.45) is 7.20. The third-order valence-electron chi connectivity index (χ3n) is 2.87. The maximum absolute atomic E-state index is 5.49. The van der Waals surface area contributed by atoms with Crippen molar-refractivity contribution in [1.29, 1.82) is 0 Å². The highest BCUT2D eigenvalue weighted by atomic mass is 15.3. The molecule has 0 radical (unpaired) electrons. The van der Waals surface area contributed by atoms with Gasteiger partial charge >= 0.3 is 0 Å². The molecule has 0 amide bonds. The van der Waals surface area contributed by atoms with Crippen LogP contribution in [0.15, 0.2) is 9.98 Å². The zero-order valence-electron chi connectivity index (χ0n) is 12.9. The Morgan fingerprint density at radius 1 is 0.895 bits per heavy atom. The van der Waals surface area contributed by atoms with E-state index in [1.54, 1.807) is 0 Å². The summed E-state index contributed by atoms with van der Waals surface area (Å²) in [5.41, 5.74) is 11.0. The highest BCUT2D eigenvalue weighted by Crippen LogP contribution is 2.05. The normalized spacial score (nSPS) is 11.4. The monoisotopic (exact) mass is 269 g/mol. The maximum atomic E-state index is 5.49. The largest absolute Gasteiger partial charge is 0.370 e. The van der Waals surface area contributed by atoms with Gasteiger partial charge in [0, 0.05) is 19.6 Å². The molecule has 0 aliphatic rings. The molecule has 0 heterocycles. The highest BCUT2D eigenvalue weighted by molar-refractivity contribution is 5.93. The fourth-order valence-corrected chi connectivity index (χ4v) is 1.88. The van der Waals surface area contributed by atoms with Crippen molar-refractivity contribution in [3.63, 3.8) is 0 Å². The van der Waals surface area contributed by atoms with E-state index >= 15 is 0 Å². The molecule has 0 unspecified atom stereocenters. The van der Waals surface area contributed by atoms with Crippen LogP contribution < -0.4 is 11.5 Å². The van der Waals surface area contributed by atoms with Crippen LogP contribution in [0.3, 0.4) is 0 Å². The molecule has 0 aromatic carbocycles. The van der Waals surface area contributed by atoms with E-state index in [-0.39, 0.29) is 5.96 Å². The van der Waals surface area contributed by atoms with Crippen molar-refractivity contribution in [2.24, 2.45) is 21.5 Å². The van der Waals surface area contributed by atoms with Crippen molar-refractivity contribution in [2.45, 2.75) is 59.3 Å². The van der Waals surface area contributed by atoms with Gasteiger partial charge in [0.2, 0.25) is 5.96 Å². The summed E-state index contributed by atoms with van der Waals surface area (Å²) in [5.74, 6) is 0.776. The number of hydrogen-bond acceptors (Lipinski definition) is 1. The maximum Gasteiger partial charge on any atom is 0.223 e. The van der Waals surface area contributed by atoms with Crippen LogP contribution in [0.4, 0.5) is 0 Å². The Bertz CT molecular complexity index is 259. The van der Waals surface area contributed by atoms with Crippen molar-refractivity contribution in [1.82, 2.24) is 4.90 Å². The number of nitrogens with two attached hydrogens (primary N) is 2. The van der Waals surface area contributed by atoms with Gasteiger partial charge in [-0.15, -0.1) is 0 Å². The Labute approximate surface area is 118 Å². The van der Waals surface area contributed by atoms with Gasteiger partial charge in [-0.1, -0.05) is 39.5 Å². The van der Waals surface area contributed by atoms with E-state index in [0.29, 0.717) is 12.5 Å². The lowest BCUT2D eigenvalue weighted by molar-refractivity contribution is 0.386. The second kappa shape index (κ2) is 11.8. The van der Waals surface area contributed by atoms with Crippen LogP contribution in [0.5, 0.6) is 0 Å². The van der Waals surface area contributed by atoms with Gasteiger partial charge < -0.3 is 16.4 Å². The zero-order valence-corrected chi connectivity index (χ0v) is 12.9. The van der Waals surface area contributed by atoms with Crippen LogP contribution in [0.25, 0.3) is 0 Å². The molecule has 19 heavy (non-hydrogen) atoms. The molecule has 0 saturated carbocycles. The van der Waals surface area contributed by atoms with Gasteiger partial charge in [0.25, 0.3) is 0 Å². The first kappa shape index (κ1) is 17.7. The lowest BCUT2D eigenvalue weighted by Crippen LogP contribution is -2.35. The summed E-state index contributed by atoms with van der Waals surface area (Å²) in [7, 11) is 0. The van der Waals surface area contributed by atoms with E-state index in [1.165, 1.54) is 25.7 Å². The molecular weight excluding hydrogens is 238 g/mol. The van der Waals surface area contributed by atoms with Crippen molar-refractivity contribution in [2.75, 3.05) is 19.6 Å². The van der Waals surface area contributed by atoms with Crippen molar-refractivity contribution >= 4 is 11.9 Å². The molecule has 5 nitrogen and oxygen atoms in total. The average molecular weight is 269 g/mol. The Balaban J connectivity index is 4.63. The Hall–Kier alpha value is -1.26. The van der Waals surface area contributed by atoms with Gasteiger partial charge in [0.1, 0.15) is 0 Å². The van der Waals surface area contributed by atoms with E-state index in [9.17, 15) is 0 Å². The van der Waals surface area contributed by atoms with Crippen molar-refractivity contribution in [3.05, 3.63) is 0 Å². The average Bonchev–Trinajstić information content (AvgIpc) is 2.36. The highest BCUT2D eigenvalue weighted by Gasteiger charge is 2.10. The Kier molecular flexibility index (Phi) is 11.0. The van der Waals surface area contributed by atoms with E-state index in [2.05, 4.69) is 28.7 Å². The molecular formula is C14H31N5. The molecule has 0 fully saturated rings. The first-order chi connectivity index (χ1) is 9.15. The van der Waals surface area contributed by atoms with Crippen LogP contribution in [0, 0.1) is 0 Å². The molecule has 0 saturated heterocycles. The third-order valence-corrected chi connectivity index (χ3v) is 2.87. The lowest BCUT2D eigenvalue weighted by Gasteiger charge is -2.23. The van der Waals surface area contributed by atoms with Crippen LogP contribution in [-0.4, -0.2) is 36.5 Å². The van der Waals surface area contributed by atoms with Gasteiger partial charge in [-0.2, -0.15) is 4.99 Å². The molecule has 112 valence electrons. The molecule has 4 N–H and O–H groups in total. The Morgan fingerprint density at radius 2 is 1.42 bits per heavy atom. The standard InChI is InChI=1S/C14H31N5/c1-4-7-9-11-19(12-10-8-5-2)14(17-6-3)18-13(15)16/h4-12H2,1-3H3,(H4,15,16,17,18). The number of aliphatic imine (C=N–C) groups is 2. The minimum Gasteiger partial charge on any atom is -0.370 e. The smallest absolute Gasteiger partial charge is 0.223 e. The summed E-state index contributed by atoms with van der Waals surface area (Å²) in [5, 5.41) is 0. The first-order valence-electron chi connectivity index (χ1n) is 7.54. The van der Waals surface area contributed by atoms with Gasteiger partial charge in [0.05, 0.1) is 0 Å². The third kappa shape index (κ3) is 9.33. The molecule has 0 aromatic heterocycles. The van der Waals surface area contributed by atoms with Crippen LogP contribution >= 0.6 is 0 Å². The number of rotatable bonds is 9. The molecule has 0 aliphatic carbocycles. The van der Waals surface area contributed by atoms with Crippen LogP contribution in [-0.2, 0) is 0 Å². The van der Waals surface area contributed by atoms with Crippen molar-refractivity contribution in [3.8, 4) is 0 Å². The minimum atomic E-state index is 0.0863. The van der Waals surface area contributed by atoms with Gasteiger partial charge in [-0.3, -0.25) is 4.99 Å². The second-order valence-corrected chi connectivity index (χ2v) is 4.71. The minimum absolute atomic E-state index is 0.0863. The van der Waals surface area contributed by atoms with E-state index in [1.807, 2.05) is 6.92 Å². The number of hydrogen-bond donors (Lipinski definition) is 2. The van der Waals surface area contributed by atoms with Crippen LogP contribution in [0.1, 0.15) is 59.3 Å². The SMILES string of the molecule is CCCCCN(CCCCC)C(N=C(N)N)=NCC. The predicted octanol–water partition coefficient (Wildman–Crippen LogP) is 2.32. The van der Waals surface area contributed by atoms with Crippen LogP contribution in [0.2, 0.25) is 0 Å². The Morgan fingerprint density at radius 3 is 1.79 bits per heavy atom. The number of nitrogens with zero attached hydrogens (tertiary/aromatic N) is 3. The zero-order chi connectivity index (χ0) is 14.5. The van der Waals surface area contributed by atoms with Gasteiger partial charge in [-0.05, 0) is 19.8 Å². The van der Waals surface area contributed by atoms with Gasteiger partial charge in [-0.25, -0.2) is 0 Å². The van der Waals surface area contributed by atoms with E-state index in [0.717, 1.165) is 25.9 Å². The second-order valence-electron chi connectivity index (χ2n) is 4.71. The number of guanidine groups is 2. The fourth-order valence-electron chi connectivity index (χ4n) is 1.88. The summed E-state index contributed by atoms with van der Waals surface area (Å²) in [4.78, 5) is 10.8. The van der Waals surface area contributed by atoms with E-state index in [4.69, 9.17) is 11.5 Å². The molecule has 0 atom stereocenters. The molecule has 0 bridgehead atoms. The van der Waals surface area contributed by atoms with Gasteiger partial charge in [0.15, 0.2) is 5.96 Å². The predicted molar refractivity (Wildman–Crippen MR) is 84.4 cm³/mol. The first-order valence-corrected chi connectivity index (χ1v) is 7.54. The molecule has 0 aliphatic heterocycles. The fraction of sp³-hybridized carbons (Fsp3) is 0.857. The molecule has 0 rings (SSSR count). The quantitative estimate of drug-likeness (QED) is 0.383. The summed E-state index contributed by atoms with van der Waals surface area (Å²) in [6.45, 7) is 9.07. The van der Waals surface area contributed by atoms with E-state index < -0.39 is 0 Å². The summed E-state index contributed by atoms with van der Waals surface area (Å²) in [6, 6.07) is 0. The lowest BCUT2D eigenvalue weighted by atomic mass is 10.2. The van der Waals surface area contributed by atoms with Crippen molar-refractivity contribution < 1.29 is 0 Å². The molecule has 0 spiro atoms. The molecule has 5 heteroatoms. The number of unbranched alkanes of at least 4 members (excludes halogenated alkanes) is 4. The summed E-state index contributed by atoms with van der Waals surface area (Å²) < 4.78 is 0.